The van der Waals surface area contributed by atoms with Crippen LogP contribution in [0.3, 0.4) is 0 Å². The Bertz CT molecular complexity index is 237. The third-order valence-corrected chi connectivity index (χ3v) is 3.12. The second-order valence-electron chi connectivity index (χ2n) is 3.57. The first-order valence-electron chi connectivity index (χ1n) is 4.12. The molecule has 0 spiro atoms. The molecule has 0 aliphatic heterocycles. The number of nitrogens with one attached hydrogen (secondary N) is 1. The maximum absolute atomic E-state index is 3.20. The molecule has 1 heteroatoms. The van der Waals surface area contributed by atoms with Crippen LogP contribution in [0.15, 0.2) is 12.4 Å². The van der Waals surface area contributed by atoms with Gasteiger partial charge in [0.1, 0.15) is 0 Å². The molecule has 1 fully saturated rings. The van der Waals surface area contributed by atoms with Crippen LogP contribution in [0.1, 0.15) is 42.2 Å². The van der Waals surface area contributed by atoms with Crippen LogP contribution >= 0.6 is 0 Å². The first-order chi connectivity index (χ1) is 4.95. The van der Waals surface area contributed by atoms with Gasteiger partial charge in [-0.25, -0.2) is 0 Å². The van der Waals surface area contributed by atoms with Crippen molar-refractivity contribution >= 4 is 0 Å². The van der Waals surface area contributed by atoms with Crippen molar-refractivity contribution < 1.29 is 0 Å². The zero-order valence-electron chi connectivity index (χ0n) is 5.93. The van der Waals surface area contributed by atoms with Crippen molar-refractivity contribution in [2.24, 2.45) is 0 Å². The minimum absolute atomic E-state index is 0.922. The molecule has 1 nitrogen and oxygen atoms in total. The molecule has 1 saturated carbocycles. The quantitative estimate of drug-likeness (QED) is 0.559. The summed E-state index contributed by atoms with van der Waals surface area (Å²) >= 11 is 0. The van der Waals surface area contributed by atoms with Gasteiger partial charge in [0.05, 0.1) is 0 Å². The van der Waals surface area contributed by atoms with Crippen LogP contribution in [0, 0.1) is 0 Å². The van der Waals surface area contributed by atoms with Crippen molar-refractivity contribution in [3.63, 3.8) is 0 Å². The van der Waals surface area contributed by atoms with Crippen LogP contribution in [0.25, 0.3) is 0 Å². The zero-order valence-corrected chi connectivity index (χ0v) is 5.93. The Morgan fingerprint density at radius 1 is 1.10 bits per heavy atom. The molecule has 2 aliphatic carbocycles. The van der Waals surface area contributed by atoms with Gasteiger partial charge in [-0.15, -0.1) is 0 Å². The summed E-state index contributed by atoms with van der Waals surface area (Å²) in [5.74, 6) is 1.84. The van der Waals surface area contributed by atoms with Gasteiger partial charge in [-0.3, -0.25) is 0 Å². The van der Waals surface area contributed by atoms with Gasteiger partial charge in [0.25, 0.3) is 0 Å². The highest BCUT2D eigenvalue weighted by molar-refractivity contribution is 5.38. The number of hydrogen-bond acceptors (Lipinski definition) is 0. The van der Waals surface area contributed by atoms with Crippen LogP contribution in [-0.4, -0.2) is 4.98 Å². The molecule has 0 saturated heterocycles. The molecule has 1 aromatic rings. The smallest absolute Gasteiger partial charge is 0.00431 e. The lowest BCUT2D eigenvalue weighted by atomic mass is 9.96. The average Bonchev–Trinajstić information content (AvgIpc) is 2.60. The van der Waals surface area contributed by atoms with Crippen molar-refractivity contribution in [2.75, 3.05) is 0 Å². The third-order valence-electron chi connectivity index (χ3n) is 3.12. The fourth-order valence-corrected chi connectivity index (χ4v) is 2.64. The normalized spacial score (nSPS) is 34.8. The number of aromatic amines is 1. The summed E-state index contributed by atoms with van der Waals surface area (Å²) < 4.78 is 0. The summed E-state index contributed by atoms with van der Waals surface area (Å²) in [5.41, 5.74) is 3.24. The molecular weight excluding hydrogens is 122 g/mol. The van der Waals surface area contributed by atoms with Gasteiger partial charge in [0.15, 0.2) is 0 Å². The number of hydrogen-bond donors (Lipinski definition) is 1. The maximum atomic E-state index is 3.20. The van der Waals surface area contributed by atoms with Gasteiger partial charge < -0.3 is 4.98 Å². The summed E-state index contributed by atoms with van der Waals surface area (Å²) in [4.78, 5) is 3.20. The zero-order chi connectivity index (χ0) is 6.55. The number of fused-ring (bicyclic) bond motifs is 5. The van der Waals surface area contributed by atoms with E-state index in [-0.39, 0.29) is 0 Å². The van der Waals surface area contributed by atoms with E-state index in [2.05, 4.69) is 17.4 Å². The van der Waals surface area contributed by atoms with Crippen LogP contribution in [0.2, 0.25) is 0 Å². The Labute approximate surface area is 60.5 Å². The van der Waals surface area contributed by atoms with Crippen LogP contribution in [0.5, 0.6) is 0 Å². The highest BCUT2D eigenvalue weighted by Gasteiger charge is 2.36. The van der Waals surface area contributed by atoms with Gasteiger partial charge in [-0.1, -0.05) is 0 Å². The van der Waals surface area contributed by atoms with E-state index < -0.39 is 0 Å². The van der Waals surface area contributed by atoms with Gasteiger partial charge in [-0.05, 0) is 42.2 Å². The summed E-state index contributed by atoms with van der Waals surface area (Å²) in [5, 5.41) is 0. The Balaban J connectivity index is 2.25. The predicted octanol–water partition coefficient (Wildman–Crippen LogP) is 2.38. The highest BCUT2D eigenvalue weighted by atomic mass is 14.7. The number of H-pyrrole nitrogens is 1. The summed E-state index contributed by atoms with van der Waals surface area (Å²) in [6.45, 7) is 0. The lowest BCUT2D eigenvalue weighted by Gasteiger charge is -2.08. The van der Waals surface area contributed by atoms with E-state index in [4.69, 9.17) is 0 Å². The number of rotatable bonds is 0. The minimum Gasteiger partial charge on any atom is -0.367 e. The van der Waals surface area contributed by atoms with Crippen LogP contribution < -0.4 is 0 Å². The largest absolute Gasteiger partial charge is 0.367 e. The molecular formula is C9H11N. The maximum Gasteiger partial charge on any atom is 0.00431 e. The van der Waals surface area contributed by atoms with E-state index in [1.54, 1.807) is 11.1 Å². The van der Waals surface area contributed by atoms with E-state index in [0.717, 1.165) is 11.8 Å². The molecule has 2 bridgehead atoms. The van der Waals surface area contributed by atoms with Crippen molar-refractivity contribution in [2.45, 2.75) is 31.1 Å². The van der Waals surface area contributed by atoms with Gasteiger partial charge in [0.2, 0.25) is 0 Å². The molecule has 0 radical (unpaired) electrons. The molecule has 2 atom stereocenters. The number of aromatic nitrogens is 1. The van der Waals surface area contributed by atoms with Crippen molar-refractivity contribution in [3.8, 4) is 0 Å². The summed E-state index contributed by atoms with van der Waals surface area (Å²) in [7, 11) is 0. The minimum atomic E-state index is 0.922. The molecule has 1 N–H and O–H groups in total. The van der Waals surface area contributed by atoms with Crippen LogP contribution in [-0.2, 0) is 0 Å². The predicted molar refractivity (Wildman–Crippen MR) is 40.1 cm³/mol. The summed E-state index contributed by atoms with van der Waals surface area (Å²) in [6, 6.07) is 0. The molecule has 0 aromatic carbocycles. The monoisotopic (exact) mass is 133 g/mol. The van der Waals surface area contributed by atoms with E-state index in [1.807, 2.05) is 0 Å². The standard InChI is InChI=1S/C9H11N/c1-2-7-3-6(1)8-4-10-5-9(7)8/h4-7,10H,1-3H2. The molecule has 2 aliphatic rings. The lowest BCUT2D eigenvalue weighted by Crippen LogP contribution is -1.92. The Morgan fingerprint density at radius 3 is 2.30 bits per heavy atom. The molecule has 3 rings (SSSR count). The fraction of sp³-hybridized carbons (Fsp3) is 0.556. The summed E-state index contributed by atoms with van der Waals surface area (Å²) in [6.07, 6.45) is 8.71. The van der Waals surface area contributed by atoms with E-state index in [9.17, 15) is 0 Å². The van der Waals surface area contributed by atoms with Crippen molar-refractivity contribution in [3.05, 3.63) is 23.5 Å². The molecule has 1 heterocycles. The molecule has 1 aromatic heterocycles. The Hall–Kier alpha value is -0.720. The molecule has 10 heavy (non-hydrogen) atoms. The first-order valence-corrected chi connectivity index (χ1v) is 4.12. The highest BCUT2D eigenvalue weighted by Crippen LogP contribution is 2.52. The van der Waals surface area contributed by atoms with Gasteiger partial charge in [-0.2, -0.15) is 0 Å². The van der Waals surface area contributed by atoms with Crippen molar-refractivity contribution in [1.82, 2.24) is 4.98 Å². The van der Waals surface area contributed by atoms with Gasteiger partial charge >= 0.3 is 0 Å². The Kier molecular flexibility index (Phi) is 0.735. The van der Waals surface area contributed by atoms with E-state index in [1.165, 1.54) is 19.3 Å². The third kappa shape index (κ3) is 0.416. The Morgan fingerprint density at radius 2 is 1.70 bits per heavy atom. The van der Waals surface area contributed by atoms with Crippen molar-refractivity contribution in [1.29, 1.82) is 0 Å². The molecule has 52 valence electrons. The van der Waals surface area contributed by atoms with E-state index >= 15 is 0 Å². The second kappa shape index (κ2) is 1.47. The topological polar surface area (TPSA) is 15.8 Å². The average molecular weight is 133 g/mol. The first kappa shape index (κ1) is 5.00. The second-order valence-corrected chi connectivity index (χ2v) is 3.57. The molecule has 2 unspecified atom stereocenters. The SMILES string of the molecule is c1[nH]cc2c1C1CCC2C1. The molecule has 0 amide bonds. The van der Waals surface area contributed by atoms with Gasteiger partial charge in [0, 0.05) is 12.4 Å². The lowest BCUT2D eigenvalue weighted by molar-refractivity contribution is 0.722. The fourth-order valence-electron chi connectivity index (χ4n) is 2.64. The van der Waals surface area contributed by atoms with E-state index in [0.29, 0.717) is 0 Å². The van der Waals surface area contributed by atoms with Crippen LogP contribution in [0.4, 0.5) is 0 Å².